The van der Waals surface area contributed by atoms with Gasteiger partial charge in [0.25, 0.3) is 0 Å². The first kappa shape index (κ1) is 21.2. The number of guanidine groups is 1. The van der Waals surface area contributed by atoms with Crippen molar-refractivity contribution in [1.82, 2.24) is 10.6 Å². The Bertz CT molecular complexity index is 719. The Morgan fingerprint density at radius 1 is 1.12 bits per heavy atom. The highest BCUT2D eigenvalue weighted by Gasteiger charge is 2.02. The standard InChI is InChI=1S/C18H21ClN4O.HI/c1-21-18(22-11-10-14-4-2-3-5-16(14)19)23-12-13-6-8-15(9-7-13)17(20)24;/h2-9H,10-12H2,1H3,(H2,20,24)(H2,21,22,23);1H. The van der Waals surface area contributed by atoms with Crippen molar-refractivity contribution in [2.75, 3.05) is 13.6 Å². The van der Waals surface area contributed by atoms with Gasteiger partial charge in [-0.1, -0.05) is 41.9 Å². The van der Waals surface area contributed by atoms with Gasteiger partial charge in [0.05, 0.1) is 0 Å². The van der Waals surface area contributed by atoms with Crippen molar-refractivity contribution >= 4 is 47.4 Å². The number of nitrogens with two attached hydrogens (primary N) is 1. The van der Waals surface area contributed by atoms with E-state index in [4.69, 9.17) is 17.3 Å². The van der Waals surface area contributed by atoms with Gasteiger partial charge in [-0.15, -0.1) is 24.0 Å². The van der Waals surface area contributed by atoms with Gasteiger partial charge in [0.2, 0.25) is 5.91 Å². The third-order valence-corrected chi connectivity index (χ3v) is 3.94. The molecule has 0 heterocycles. The van der Waals surface area contributed by atoms with Crippen molar-refractivity contribution in [1.29, 1.82) is 0 Å². The Hall–Kier alpha value is -1.80. The quantitative estimate of drug-likeness (QED) is 0.344. The molecule has 134 valence electrons. The van der Waals surface area contributed by atoms with Gasteiger partial charge < -0.3 is 16.4 Å². The number of carbonyl (C=O) groups is 1. The predicted octanol–water partition coefficient (Wildman–Crippen LogP) is 2.96. The van der Waals surface area contributed by atoms with Crippen molar-refractivity contribution in [3.63, 3.8) is 0 Å². The molecule has 2 rings (SSSR count). The molecule has 5 nitrogen and oxygen atoms in total. The van der Waals surface area contributed by atoms with Crippen LogP contribution in [0.25, 0.3) is 0 Å². The Balaban J connectivity index is 0.00000312. The van der Waals surface area contributed by atoms with E-state index >= 15 is 0 Å². The molecular formula is C18H22ClIN4O. The molecule has 0 aromatic heterocycles. The second-order valence-electron chi connectivity index (χ2n) is 5.26. The van der Waals surface area contributed by atoms with Gasteiger partial charge in [-0.05, 0) is 35.7 Å². The molecule has 0 spiro atoms. The van der Waals surface area contributed by atoms with Crippen LogP contribution in [0.4, 0.5) is 0 Å². The number of nitrogens with one attached hydrogen (secondary N) is 2. The number of primary amides is 1. The van der Waals surface area contributed by atoms with Crippen LogP contribution in [0.5, 0.6) is 0 Å². The maximum absolute atomic E-state index is 11.1. The average Bonchev–Trinajstić information content (AvgIpc) is 2.59. The van der Waals surface area contributed by atoms with Gasteiger partial charge in [-0.2, -0.15) is 0 Å². The molecule has 0 atom stereocenters. The highest BCUT2D eigenvalue weighted by atomic mass is 127. The van der Waals surface area contributed by atoms with E-state index in [1.807, 2.05) is 36.4 Å². The van der Waals surface area contributed by atoms with Gasteiger partial charge in [0.15, 0.2) is 5.96 Å². The van der Waals surface area contributed by atoms with E-state index in [9.17, 15) is 4.79 Å². The van der Waals surface area contributed by atoms with Crippen LogP contribution in [0, 0.1) is 0 Å². The van der Waals surface area contributed by atoms with Crippen LogP contribution in [0.2, 0.25) is 5.02 Å². The molecule has 0 fully saturated rings. The number of benzene rings is 2. The lowest BCUT2D eigenvalue weighted by Gasteiger charge is -2.12. The molecule has 0 aliphatic carbocycles. The molecule has 0 unspecified atom stereocenters. The number of rotatable bonds is 6. The molecule has 0 saturated heterocycles. The van der Waals surface area contributed by atoms with Crippen LogP contribution in [-0.2, 0) is 13.0 Å². The average molecular weight is 473 g/mol. The fourth-order valence-electron chi connectivity index (χ4n) is 2.21. The number of nitrogens with zero attached hydrogens (tertiary/aromatic N) is 1. The Morgan fingerprint density at radius 3 is 2.40 bits per heavy atom. The molecule has 0 saturated carbocycles. The zero-order valence-electron chi connectivity index (χ0n) is 14.0. The molecule has 7 heteroatoms. The van der Waals surface area contributed by atoms with E-state index < -0.39 is 5.91 Å². The van der Waals surface area contributed by atoms with Crippen molar-refractivity contribution < 1.29 is 4.79 Å². The van der Waals surface area contributed by atoms with Crippen LogP contribution in [0.1, 0.15) is 21.5 Å². The first-order valence-corrected chi connectivity index (χ1v) is 8.04. The van der Waals surface area contributed by atoms with Gasteiger partial charge in [0, 0.05) is 30.7 Å². The first-order valence-electron chi connectivity index (χ1n) is 7.67. The number of amides is 1. The summed E-state index contributed by atoms with van der Waals surface area (Å²) in [5.74, 6) is 0.285. The number of carbonyl (C=O) groups excluding carboxylic acids is 1. The minimum atomic E-state index is -0.424. The van der Waals surface area contributed by atoms with Crippen LogP contribution in [-0.4, -0.2) is 25.5 Å². The van der Waals surface area contributed by atoms with Crippen molar-refractivity contribution in [3.8, 4) is 0 Å². The smallest absolute Gasteiger partial charge is 0.248 e. The maximum Gasteiger partial charge on any atom is 0.248 e. The zero-order chi connectivity index (χ0) is 17.4. The van der Waals surface area contributed by atoms with Crippen LogP contribution in [0.3, 0.4) is 0 Å². The molecule has 1 amide bonds. The van der Waals surface area contributed by atoms with Crippen LogP contribution >= 0.6 is 35.6 Å². The summed E-state index contributed by atoms with van der Waals surface area (Å²) in [6.45, 7) is 1.33. The number of hydrogen-bond acceptors (Lipinski definition) is 2. The second kappa shape index (κ2) is 10.9. The highest BCUT2D eigenvalue weighted by Crippen LogP contribution is 2.14. The van der Waals surface area contributed by atoms with E-state index in [2.05, 4.69) is 15.6 Å². The predicted molar refractivity (Wildman–Crippen MR) is 114 cm³/mol. The number of hydrogen-bond donors (Lipinski definition) is 3. The van der Waals surface area contributed by atoms with E-state index in [0.717, 1.165) is 29.1 Å². The van der Waals surface area contributed by atoms with Crippen LogP contribution in [0.15, 0.2) is 53.5 Å². The molecule has 4 N–H and O–H groups in total. The molecule has 0 radical (unpaired) electrons. The van der Waals surface area contributed by atoms with Gasteiger partial charge >= 0.3 is 0 Å². The molecule has 0 bridgehead atoms. The summed E-state index contributed by atoms with van der Waals surface area (Å²) in [7, 11) is 1.72. The van der Waals surface area contributed by atoms with Gasteiger partial charge in [-0.25, -0.2) is 0 Å². The van der Waals surface area contributed by atoms with Crippen molar-refractivity contribution in [3.05, 3.63) is 70.2 Å². The fraction of sp³-hybridized carbons (Fsp3) is 0.222. The Labute approximate surface area is 170 Å². The minimum Gasteiger partial charge on any atom is -0.366 e. The second-order valence-corrected chi connectivity index (χ2v) is 5.66. The molecular weight excluding hydrogens is 451 g/mol. The lowest BCUT2D eigenvalue weighted by Crippen LogP contribution is -2.37. The SMILES string of the molecule is CN=C(NCCc1ccccc1Cl)NCc1ccc(C(N)=O)cc1.I. The third kappa shape index (κ3) is 6.91. The Kier molecular flexibility index (Phi) is 9.30. The molecule has 2 aromatic rings. The van der Waals surface area contributed by atoms with E-state index in [1.54, 1.807) is 19.2 Å². The summed E-state index contributed by atoms with van der Waals surface area (Å²) >= 11 is 6.14. The zero-order valence-corrected chi connectivity index (χ0v) is 17.0. The lowest BCUT2D eigenvalue weighted by atomic mass is 10.1. The van der Waals surface area contributed by atoms with Crippen molar-refractivity contribution in [2.24, 2.45) is 10.7 Å². The summed E-state index contributed by atoms with van der Waals surface area (Å²) in [6.07, 6.45) is 0.813. The first-order chi connectivity index (χ1) is 11.6. The topological polar surface area (TPSA) is 79.5 Å². The summed E-state index contributed by atoms with van der Waals surface area (Å²) in [4.78, 5) is 15.2. The number of halogens is 2. The van der Waals surface area contributed by atoms with E-state index in [0.29, 0.717) is 18.1 Å². The number of aliphatic imine (C=N–C) groups is 1. The molecule has 2 aromatic carbocycles. The van der Waals surface area contributed by atoms with E-state index in [-0.39, 0.29) is 24.0 Å². The normalized spacial score (nSPS) is 10.7. The summed E-state index contributed by atoms with van der Waals surface area (Å²) < 4.78 is 0. The van der Waals surface area contributed by atoms with Crippen LogP contribution < -0.4 is 16.4 Å². The summed E-state index contributed by atoms with van der Waals surface area (Å²) in [6, 6.07) is 15.0. The third-order valence-electron chi connectivity index (χ3n) is 3.57. The monoisotopic (exact) mass is 472 g/mol. The molecule has 25 heavy (non-hydrogen) atoms. The maximum atomic E-state index is 11.1. The van der Waals surface area contributed by atoms with Crippen molar-refractivity contribution in [2.45, 2.75) is 13.0 Å². The lowest BCUT2D eigenvalue weighted by molar-refractivity contribution is 0.100. The van der Waals surface area contributed by atoms with Gasteiger partial charge in [0.1, 0.15) is 0 Å². The highest BCUT2D eigenvalue weighted by molar-refractivity contribution is 14.0. The Morgan fingerprint density at radius 2 is 1.80 bits per heavy atom. The molecule has 0 aliphatic heterocycles. The summed E-state index contributed by atoms with van der Waals surface area (Å²) in [5, 5.41) is 7.25. The summed E-state index contributed by atoms with van der Waals surface area (Å²) in [5.41, 5.74) is 7.87. The largest absolute Gasteiger partial charge is 0.366 e. The van der Waals surface area contributed by atoms with Gasteiger partial charge in [-0.3, -0.25) is 9.79 Å². The fourth-order valence-corrected chi connectivity index (χ4v) is 2.44. The molecule has 0 aliphatic rings. The van der Waals surface area contributed by atoms with E-state index in [1.165, 1.54) is 0 Å². The minimum absolute atomic E-state index is 0.